The quantitative estimate of drug-likeness (QED) is 0.839. The molecule has 104 valence electrons. The van der Waals surface area contributed by atoms with Crippen LogP contribution in [0.5, 0.6) is 0 Å². The molecule has 0 radical (unpaired) electrons. The predicted molar refractivity (Wildman–Crippen MR) is 84.7 cm³/mol. The lowest BCUT2D eigenvalue weighted by Gasteiger charge is -2.34. The van der Waals surface area contributed by atoms with Gasteiger partial charge >= 0.3 is 0 Å². The first-order valence-electron chi connectivity index (χ1n) is 6.35. The molecule has 0 aliphatic heterocycles. The number of nitrogens with zero attached hydrogens (tertiary/aromatic N) is 1. The Morgan fingerprint density at radius 1 is 1.32 bits per heavy atom. The van der Waals surface area contributed by atoms with Crippen molar-refractivity contribution in [3.63, 3.8) is 0 Å². The van der Waals surface area contributed by atoms with Gasteiger partial charge in [-0.3, -0.25) is 9.36 Å². The van der Waals surface area contributed by atoms with E-state index >= 15 is 0 Å². The first-order chi connectivity index (χ1) is 8.62. The summed E-state index contributed by atoms with van der Waals surface area (Å²) in [7, 11) is 0. The molecule has 5 heteroatoms. The molecule has 3 nitrogen and oxygen atoms in total. The summed E-state index contributed by atoms with van der Waals surface area (Å²) in [5.41, 5.74) is -0.165. The van der Waals surface area contributed by atoms with Crippen molar-refractivity contribution in [1.29, 1.82) is 0 Å². The summed E-state index contributed by atoms with van der Waals surface area (Å²) in [5, 5.41) is 2.64. The van der Waals surface area contributed by atoms with Crippen LogP contribution in [0.15, 0.2) is 16.2 Å². The first kappa shape index (κ1) is 14.5. The number of aromatic nitrogens is 2. The highest BCUT2D eigenvalue weighted by molar-refractivity contribution is 7.71. The van der Waals surface area contributed by atoms with Gasteiger partial charge in [-0.25, -0.2) is 0 Å². The van der Waals surface area contributed by atoms with Gasteiger partial charge in [-0.2, -0.15) is 0 Å². The van der Waals surface area contributed by atoms with Gasteiger partial charge in [0.05, 0.1) is 5.39 Å². The van der Waals surface area contributed by atoms with Gasteiger partial charge in [0, 0.05) is 5.54 Å². The predicted octanol–water partition coefficient (Wildman–Crippen LogP) is 4.29. The molecule has 19 heavy (non-hydrogen) atoms. The van der Waals surface area contributed by atoms with Crippen molar-refractivity contribution in [1.82, 2.24) is 9.55 Å². The van der Waals surface area contributed by atoms with E-state index < -0.39 is 0 Å². The maximum Gasteiger partial charge on any atom is 0.263 e. The van der Waals surface area contributed by atoms with Crippen molar-refractivity contribution in [2.45, 2.75) is 46.6 Å². The molecule has 0 saturated carbocycles. The lowest BCUT2D eigenvalue weighted by atomic mass is 9.81. The Morgan fingerprint density at radius 3 is 2.53 bits per heavy atom. The first-order valence-corrected chi connectivity index (χ1v) is 7.64. The number of thiophene rings is 1. The van der Waals surface area contributed by atoms with E-state index in [-0.39, 0.29) is 16.5 Å². The second-order valence-electron chi connectivity index (χ2n) is 6.78. The lowest BCUT2D eigenvalue weighted by molar-refractivity contribution is 0.207. The zero-order valence-corrected chi connectivity index (χ0v) is 13.7. The zero-order chi connectivity index (χ0) is 14.4. The molecule has 0 fully saturated rings. The highest BCUT2D eigenvalue weighted by Gasteiger charge is 2.29. The Kier molecular flexibility index (Phi) is 3.47. The van der Waals surface area contributed by atoms with Crippen LogP contribution in [0.1, 0.15) is 41.0 Å². The normalized spacial score (nSPS) is 13.1. The number of rotatable bonds is 2. The van der Waals surface area contributed by atoms with Crippen LogP contribution in [-0.2, 0) is 5.54 Å². The van der Waals surface area contributed by atoms with Gasteiger partial charge in [0.1, 0.15) is 4.83 Å². The van der Waals surface area contributed by atoms with Gasteiger partial charge in [0.2, 0.25) is 0 Å². The minimum Gasteiger partial charge on any atom is -0.323 e. The molecule has 0 aromatic carbocycles. The third-order valence-corrected chi connectivity index (χ3v) is 4.21. The van der Waals surface area contributed by atoms with E-state index in [9.17, 15) is 4.79 Å². The fourth-order valence-corrected chi connectivity index (χ4v) is 4.14. The van der Waals surface area contributed by atoms with Crippen molar-refractivity contribution in [3.8, 4) is 0 Å². The van der Waals surface area contributed by atoms with E-state index in [4.69, 9.17) is 12.2 Å². The summed E-state index contributed by atoms with van der Waals surface area (Å²) in [6.07, 6.45) is 0.882. The van der Waals surface area contributed by atoms with Crippen molar-refractivity contribution in [3.05, 3.63) is 26.6 Å². The molecule has 0 spiro atoms. The van der Waals surface area contributed by atoms with Gasteiger partial charge in [-0.15, -0.1) is 11.3 Å². The van der Waals surface area contributed by atoms with E-state index in [1.807, 2.05) is 11.4 Å². The monoisotopic (exact) mass is 296 g/mol. The molecular weight excluding hydrogens is 276 g/mol. The molecule has 1 N–H and O–H groups in total. The van der Waals surface area contributed by atoms with E-state index in [1.165, 1.54) is 11.3 Å². The maximum absolute atomic E-state index is 12.6. The van der Waals surface area contributed by atoms with Crippen LogP contribution in [0.3, 0.4) is 0 Å². The zero-order valence-electron chi connectivity index (χ0n) is 12.0. The number of aromatic amines is 1. The molecular formula is C14H20N2OS2. The molecule has 0 unspecified atom stereocenters. The van der Waals surface area contributed by atoms with Crippen molar-refractivity contribution in [2.24, 2.45) is 5.41 Å². The molecule has 2 aromatic rings. The highest BCUT2D eigenvalue weighted by Crippen LogP contribution is 2.31. The Morgan fingerprint density at radius 2 is 1.95 bits per heavy atom. The van der Waals surface area contributed by atoms with E-state index in [2.05, 4.69) is 39.6 Å². The molecule has 0 amide bonds. The number of nitrogens with one attached hydrogen (secondary N) is 1. The highest BCUT2D eigenvalue weighted by atomic mass is 32.1. The molecule has 0 aliphatic carbocycles. The van der Waals surface area contributed by atoms with E-state index in [1.54, 1.807) is 4.57 Å². The van der Waals surface area contributed by atoms with Gasteiger partial charge in [0.15, 0.2) is 4.77 Å². The summed E-state index contributed by atoms with van der Waals surface area (Å²) in [5.74, 6) is 0. The van der Waals surface area contributed by atoms with E-state index in [0.29, 0.717) is 4.77 Å². The van der Waals surface area contributed by atoms with Gasteiger partial charge in [-0.1, -0.05) is 20.8 Å². The molecule has 2 heterocycles. The number of fused-ring (bicyclic) bond motifs is 1. The molecule has 0 bridgehead atoms. The van der Waals surface area contributed by atoms with Gasteiger partial charge in [0.25, 0.3) is 5.56 Å². The second kappa shape index (κ2) is 4.56. The van der Waals surface area contributed by atoms with Gasteiger partial charge < -0.3 is 4.98 Å². The van der Waals surface area contributed by atoms with Crippen molar-refractivity contribution in [2.75, 3.05) is 0 Å². The van der Waals surface area contributed by atoms with Crippen LogP contribution in [0.4, 0.5) is 0 Å². The average molecular weight is 296 g/mol. The Hall–Kier alpha value is -0.940. The molecule has 0 aliphatic rings. The smallest absolute Gasteiger partial charge is 0.263 e. The number of hydrogen-bond acceptors (Lipinski definition) is 3. The van der Waals surface area contributed by atoms with Crippen LogP contribution in [0, 0.1) is 10.2 Å². The average Bonchev–Trinajstić information content (AvgIpc) is 2.60. The summed E-state index contributed by atoms with van der Waals surface area (Å²) < 4.78 is 2.23. The summed E-state index contributed by atoms with van der Waals surface area (Å²) in [4.78, 5) is 16.7. The van der Waals surface area contributed by atoms with Crippen LogP contribution in [-0.4, -0.2) is 9.55 Å². The minimum absolute atomic E-state index is 0.00856. The van der Waals surface area contributed by atoms with Crippen LogP contribution >= 0.6 is 23.6 Å². The topological polar surface area (TPSA) is 37.8 Å². The largest absolute Gasteiger partial charge is 0.323 e. The molecule has 2 aromatic heterocycles. The third kappa shape index (κ3) is 2.82. The third-order valence-electron chi connectivity index (χ3n) is 3.09. The molecule has 0 atom stereocenters. The molecule has 2 rings (SSSR count). The van der Waals surface area contributed by atoms with Crippen LogP contribution < -0.4 is 5.56 Å². The van der Waals surface area contributed by atoms with Crippen LogP contribution in [0.2, 0.25) is 0 Å². The molecule has 0 saturated heterocycles. The SMILES string of the molecule is CC(C)(C)CC(C)(C)n1c(=S)[nH]c2sccc2c1=O. The Bertz CT molecular complexity index is 713. The lowest BCUT2D eigenvalue weighted by Crippen LogP contribution is -2.40. The van der Waals surface area contributed by atoms with Crippen molar-refractivity contribution < 1.29 is 0 Å². The van der Waals surface area contributed by atoms with Crippen LogP contribution in [0.25, 0.3) is 10.2 Å². The minimum atomic E-state index is -0.307. The summed E-state index contributed by atoms with van der Waals surface area (Å²) in [6.45, 7) is 10.7. The van der Waals surface area contributed by atoms with Gasteiger partial charge in [-0.05, 0) is 49.3 Å². The number of H-pyrrole nitrogens is 1. The fourth-order valence-electron chi connectivity index (χ4n) is 2.87. The Balaban J connectivity index is 2.68. The number of hydrogen-bond donors (Lipinski definition) is 1. The summed E-state index contributed by atoms with van der Waals surface area (Å²) in [6, 6.07) is 1.86. The maximum atomic E-state index is 12.6. The standard InChI is InChI=1S/C14H20N2OS2/c1-13(2,3)8-14(4,5)16-11(17)9-6-7-19-10(9)15-12(16)18/h6-7H,8H2,1-5H3,(H,15,18). The van der Waals surface area contributed by atoms with Crippen molar-refractivity contribution >= 4 is 33.8 Å². The Labute approximate surface area is 122 Å². The fraction of sp³-hybridized carbons (Fsp3) is 0.571. The van der Waals surface area contributed by atoms with E-state index in [0.717, 1.165) is 16.6 Å². The second-order valence-corrected chi connectivity index (χ2v) is 8.09. The summed E-state index contributed by atoms with van der Waals surface area (Å²) >= 11 is 6.90.